The summed E-state index contributed by atoms with van der Waals surface area (Å²) in [5.41, 5.74) is 4.67. The number of furan rings is 1. The Labute approximate surface area is 137 Å². The quantitative estimate of drug-likeness (QED) is 0.549. The molecule has 118 valence electrons. The number of ether oxygens (including phenoxy) is 2. The number of thiazole rings is 1. The molecule has 0 unspecified atom stereocenters. The fourth-order valence-corrected chi connectivity index (χ4v) is 2.64. The number of rotatable bonds is 6. The second-order valence-electron chi connectivity index (χ2n) is 4.49. The van der Waals surface area contributed by atoms with Gasteiger partial charge in [-0.15, -0.1) is 11.3 Å². The van der Waals surface area contributed by atoms with Gasteiger partial charge in [0.25, 0.3) is 0 Å². The summed E-state index contributed by atoms with van der Waals surface area (Å²) in [5.74, 6) is 2.03. The van der Waals surface area contributed by atoms with Gasteiger partial charge in [0.1, 0.15) is 5.76 Å². The molecule has 7 heteroatoms. The molecule has 6 nitrogen and oxygen atoms in total. The fraction of sp³-hybridized carbons (Fsp3) is 0.125. The lowest BCUT2D eigenvalue weighted by Gasteiger charge is -2.08. The lowest BCUT2D eigenvalue weighted by molar-refractivity contribution is 0.355. The Kier molecular flexibility index (Phi) is 4.58. The van der Waals surface area contributed by atoms with Gasteiger partial charge in [-0.1, -0.05) is 0 Å². The van der Waals surface area contributed by atoms with Crippen molar-refractivity contribution in [3.8, 4) is 22.8 Å². The molecule has 1 aromatic carbocycles. The Balaban J connectivity index is 1.74. The minimum atomic E-state index is 0.670. The largest absolute Gasteiger partial charge is 0.493 e. The van der Waals surface area contributed by atoms with Crippen LogP contribution in [0.4, 0.5) is 5.13 Å². The molecule has 0 aliphatic rings. The fourth-order valence-electron chi connectivity index (χ4n) is 1.97. The minimum absolute atomic E-state index is 0.670. The zero-order valence-electron chi connectivity index (χ0n) is 12.6. The normalized spacial score (nSPS) is 10.9. The Morgan fingerprint density at radius 3 is 2.83 bits per heavy atom. The van der Waals surface area contributed by atoms with Crippen LogP contribution in [0.25, 0.3) is 11.3 Å². The van der Waals surface area contributed by atoms with Crippen LogP contribution in [0.1, 0.15) is 5.76 Å². The van der Waals surface area contributed by atoms with Crippen molar-refractivity contribution in [1.29, 1.82) is 0 Å². The number of hydrazone groups is 1. The molecule has 3 aromatic rings. The molecule has 1 N–H and O–H groups in total. The predicted octanol–water partition coefficient (Wildman–Crippen LogP) is 3.87. The summed E-state index contributed by atoms with van der Waals surface area (Å²) in [6, 6.07) is 9.31. The van der Waals surface area contributed by atoms with Gasteiger partial charge < -0.3 is 13.9 Å². The number of nitrogens with zero attached hydrogens (tertiary/aromatic N) is 2. The molecular formula is C16H15N3O3S. The SMILES string of the molecule is COc1ccc(-c2csc(NN=Cc3ccco3)n2)cc1OC. The highest BCUT2D eigenvalue weighted by Crippen LogP contribution is 2.33. The summed E-state index contributed by atoms with van der Waals surface area (Å²) in [5, 5.41) is 6.73. The van der Waals surface area contributed by atoms with E-state index in [0.29, 0.717) is 22.4 Å². The van der Waals surface area contributed by atoms with Crippen LogP contribution in [0.15, 0.2) is 51.5 Å². The molecule has 3 rings (SSSR count). The van der Waals surface area contributed by atoms with Crippen LogP contribution in [0.5, 0.6) is 11.5 Å². The van der Waals surface area contributed by atoms with Gasteiger partial charge in [0, 0.05) is 10.9 Å². The molecule has 23 heavy (non-hydrogen) atoms. The summed E-state index contributed by atoms with van der Waals surface area (Å²) >= 11 is 1.47. The molecule has 0 aliphatic heterocycles. The second-order valence-corrected chi connectivity index (χ2v) is 5.35. The van der Waals surface area contributed by atoms with E-state index in [1.165, 1.54) is 11.3 Å². The average Bonchev–Trinajstić information content (AvgIpc) is 3.26. The van der Waals surface area contributed by atoms with Crippen LogP contribution >= 0.6 is 11.3 Å². The molecule has 0 fully saturated rings. The zero-order chi connectivity index (χ0) is 16.1. The van der Waals surface area contributed by atoms with Crippen molar-refractivity contribution < 1.29 is 13.9 Å². The van der Waals surface area contributed by atoms with E-state index >= 15 is 0 Å². The highest BCUT2D eigenvalue weighted by Gasteiger charge is 2.09. The first kappa shape index (κ1) is 15.1. The smallest absolute Gasteiger partial charge is 0.203 e. The van der Waals surface area contributed by atoms with Gasteiger partial charge in [-0.3, -0.25) is 5.43 Å². The molecule has 0 spiro atoms. The van der Waals surface area contributed by atoms with Crippen LogP contribution < -0.4 is 14.9 Å². The predicted molar refractivity (Wildman–Crippen MR) is 90.6 cm³/mol. The van der Waals surface area contributed by atoms with E-state index in [0.717, 1.165) is 11.3 Å². The minimum Gasteiger partial charge on any atom is -0.493 e. The average molecular weight is 329 g/mol. The highest BCUT2D eigenvalue weighted by atomic mass is 32.1. The van der Waals surface area contributed by atoms with E-state index < -0.39 is 0 Å². The number of aromatic nitrogens is 1. The Morgan fingerprint density at radius 1 is 1.22 bits per heavy atom. The maximum atomic E-state index is 5.31. The van der Waals surface area contributed by atoms with Crippen molar-refractivity contribution in [2.45, 2.75) is 0 Å². The Bertz CT molecular complexity index is 797. The monoisotopic (exact) mass is 329 g/mol. The third-order valence-corrected chi connectivity index (χ3v) is 3.83. The van der Waals surface area contributed by atoms with E-state index in [4.69, 9.17) is 13.9 Å². The molecule has 0 atom stereocenters. The summed E-state index contributed by atoms with van der Waals surface area (Å²) < 4.78 is 15.7. The number of methoxy groups -OCH3 is 2. The van der Waals surface area contributed by atoms with E-state index in [-0.39, 0.29) is 0 Å². The van der Waals surface area contributed by atoms with Gasteiger partial charge in [-0.2, -0.15) is 5.10 Å². The van der Waals surface area contributed by atoms with Crippen molar-refractivity contribution >= 4 is 22.7 Å². The van der Waals surface area contributed by atoms with E-state index in [9.17, 15) is 0 Å². The van der Waals surface area contributed by atoms with Crippen molar-refractivity contribution in [3.05, 3.63) is 47.7 Å². The summed E-state index contributed by atoms with van der Waals surface area (Å²) in [6.07, 6.45) is 3.19. The standard InChI is InChI=1S/C16H15N3O3S/c1-20-14-6-5-11(8-15(14)21-2)13-10-23-16(18-13)19-17-9-12-4-3-7-22-12/h3-10H,1-2H3,(H,18,19). The molecule has 0 aliphatic carbocycles. The van der Waals surface area contributed by atoms with Crippen LogP contribution in [-0.2, 0) is 0 Å². The van der Waals surface area contributed by atoms with Crippen LogP contribution in [0.3, 0.4) is 0 Å². The molecule has 2 aromatic heterocycles. The van der Waals surface area contributed by atoms with E-state index in [2.05, 4.69) is 15.5 Å². The molecule has 0 amide bonds. The summed E-state index contributed by atoms with van der Waals surface area (Å²) in [6.45, 7) is 0. The maximum Gasteiger partial charge on any atom is 0.203 e. The van der Waals surface area contributed by atoms with Crippen molar-refractivity contribution in [2.24, 2.45) is 5.10 Å². The third-order valence-electron chi connectivity index (χ3n) is 3.08. The number of anilines is 1. The Morgan fingerprint density at radius 2 is 2.09 bits per heavy atom. The van der Waals surface area contributed by atoms with Crippen LogP contribution in [0, 0.1) is 0 Å². The second kappa shape index (κ2) is 6.97. The van der Waals surface area contributed by atoms with Crippen molar-refractivity contribution in [3.63, 3.8) is 0 Å². The van der Waals surface area contributed by atoms with Gasteiger partial charge in [-0.25, -0.2) is 4.98 Å². The lowest BCUT2D eigenvalue weighted by atomic mass is 10.1. The first-order chi connectivity index (χ1) is 11.3. The van der Waals surface area contributed by atoms with Crippen molar-refractivity contribution in [2.75, 3.05) is 19.6 Å². The molecule has 0 saturated carbocycles. The van der Waals surface area contributed by atoms with Gasteiger partial charge in [0.05, 0.1) is 32.4 Å². The van der Waals surface area contributed by atoms with Crippen LogP contribution in [-0.4, -0.2) is 25.4 Å². The third kappa shape index (κ3) is 3.51. The number of benzene rings is 1. The number of hydrogen-bond acceptors (Lipinski definition) is 7. The molecule has 0 radical (unpaired) electrons. The van der Waals surface area contributed by atoms with Crippen molar-refractivity contribution in [1.82, 2.24) is 4.98 Å². The Hall–Kier alpha value is -2.80. The van der Waals surface area contributed by atoms with Gasteiger partial charge in [0.2, 0.25) is 5.13 Å². The van der Waals surface area contributed by atoms with E-state index in [1.807, 2.05) is 29.6 Å². The van der Waals surface area contributed by atoms with Gasteiger partial charge in [0.15, 0.2) is 11.5 Å². The topological polar surface area (TPSA) is 68.9 Å². The molecule has 0 bridgehead atoms. The zero-order valence-corrected chi connectivity index (χ0v) is 13.5. The number of hydrogen-bond donors (Lipinski definition) is 1. The maximum absolute atomic E-state index is 5.31. The summed E-state index contributed by atoms with van der Waals surface area (Å²) in [4.78, 5) is 4.50. The molecular weight excluding hydrogens is 314 g/mol. The van der Waals surface area contributed by atoms with Gasteiger partial charge in [-0.05, 0) is 30.3 Å². The molecule has 0 saturated heterocycles. The highest BCUT2D eigenvalue weighted by molar-refractivity contribution is 7.14. The molecule has 2 heterocycles. The summed E-state index contributed by atoms with van der Waals surface area (Å²) in [7, 11) is 3.22. The lowest BCUT2D eigenvalue weighted by Crippen LogP contribution is -1.91. The van der Waals surface area contributed by atoms with Gasteiger partial charge >= 0.3 is 0 Å². The van der Waals surface area contributed by atoms with E-state index in [1.54, 1.807) is 32.8 Å². The first-order valence-corrected chi connectivity index (χ1v) is 7.68. The first-order valence-electron chi connectivity index (χ1n) is 6.80. The number of nitrogens with one attached hydrogen (secondary N) is 1. The van der Waals surface area contributed by atoms with Crippen LogP contribution in [0.2, 0.25) is 0 Å².